The number of aliphatic carboxylic acids is 1. The van der Waals surface area contributed by atoms with Gasteiger partial charge in [0, 0.05) is 17.9 Å². The summed E-state index contributed by atoms with van der Waals surface area (Å²) < 4.78 is 5.64. The number of amides is 1. The molecule has 0 aromatic rings. The smallest absolute Gasteiger partial charge is 0.353 e. The molecular formula is C12H15NO4S. The predicted octanol–water partition coefficient (Wildman–Crippen LogP) is 1.55. The van der Waals surface area contributed by atoms with Crippen molar-refractivity contribution in [3.63, 3.8) is 0 Å². The van der Waals surface area contributed by atoms with Crippen LogP contribution in [0.5, 0.6) is 0 Å². The van der Waals surface area contributed by atoms with Crippen molar-refractivity contribution in [3.05, 3.63) is 10.6 Å². The summed E-state index contributed by atoms with van der Waals surface area (Å²) in [5, 5.41) is 9.26. The standard InChI is InChI=1S/C12H15NO4S/c14-9-6-10-13(9)11(12(15)16)8(18-10)5-7-3-1-2-4-17-7/h7,10H,1-6H2,(H,15,16)/t7?,10-/m1/s1. The molecule has 1 amide bonds. The lowest BCUT2D eigenvalue weighted by Crippen LogP contribution is -2.48. The lowest BCUT2D eigenvalue weighted by Gasteiger charge is -2.33. The van der Waals surface area contributed by atoms with Gasteiger partial charge in [0.2, 0.25) is 5.91 Å². The predicted molar refractivity (Wildman–Crippen MR) is 65.7 cm³/mol. The Hall–Kier alpha value is -1.01. The topological polar surface area (TPSA) is 66.8 Å². The van der Waals surface area contributed by atoms with Crippen LogP contribution >= 0.6 is 11.8 Å². The van der Waals surface area contributed by atoms with Crippen molar-refractivity contribution in [1.29, 1.82) is 0 Å². The Balaban J connectivity index is 1.77. The highest BCUT2D eigenvalue weighted by Gasteiger charge is 2.48. The molecule has 2 fully saturated rings. The van der Waals surface area contributed by atoms with Crippen molar-refractivity contribution in [2.24, 2.45) is 0 Å². The number of β-lactam (4-membered cyclic amide) rings is 1. The zero-order valence-corrected chi connectivity index (χ0v) is 10.7. The Morgan fingerprint density at radius 3 is 2.94 bits per heavy atom. The molecule has 1 unspecified atom stereocenters. The maximum absolute atomic E-state index is 11.4. The molecular weight excluding hydrogens is 254 g/mol. The van der Waals surface area contributed by atoms with E-state index in [9.17, 15) is 14.7 Å². The van der Waals surface area contributed by atoms with Gasteiger partial charge in [-0.25, -0.2) is 4.79 Å². The fourth-order valence-electron chi connectivity index (χ4n) is 2.65. The monoisotopic (exact) mass is 269 g/mol. The summed E-state index contributed by atoms with van der Waals surface area (Å²) in [6.45, 7) is 0.761. The van der Waals surface area contributed by atoms with Crippen LogP contribution < -0.4 is 0 Å². The fourth-order valence-corrected chi connectivity index (χ4v) is 4.11. The first kappa shape index (κ1) is 12.0. The van der Waals surface area contributed by atoms with Crippen molar-refractivity contribution in [2.75, 3.05) is 6.61 Å². The molecule has 0 aromatic heterocycles. The highest BCUT2D eigenvalue weighted by atomic mass is 32.2. The Bertz CT molecular complexity index is 428. The number of carboxylic acids is 1. The molecule has 98 valence electrons. The molecule has 3 aliphatic rings. The normalized spacial score (nSPS) is 31.3. The number of hydrogen-bond acceptors (Lipinski definition) is 4. The lowest BCUT2D eigenvalue weighted by molar-refractivity contribution is -0.145. The van der Waals surface area contributed by atoms with E-state index in [1.807, 2.05) is 0 Å². The molecule has 0 spiro atoms. The van der Waals surface area contributed by atoms with Crippen LogP contribution in [0.2, 0.25) is 0 Å². The minimum absolute atomic E-state index is 0.0159. The summed E-state index contributed by atoms with van der Waals surface area (Å²) in [7, 11) is 0. The average Bonchev–Trinajstić information content (AvgIpc) is 2.63. The third kappa shape index (κ3) is 1.93. The second-order valence-electron chi connectivity index (χ2n) is 4.81. The van der Waals surface area contributed by atoms with E-state index < -0.39 is 5.97 Å². The van der Waals surface area contributed by atoms with Gasteiger partial charge in [-0.3, -0.25) is 9.69 Å². The van der Waals surface area contributed by atoms with Crippen LogP contribution in [0, 0.1) is 0 Å². The van der Waals surface area contributed by atoms with Crippen LogP contribution in [0.25, 0.3) is 0 Å². The Labute approximate surface area is 109 Å². The van der Waals surface area contributed by atoms with E-state index in [2.05, 4.69) is 0 Å². The second kappa shape index (κ2) is 4.59. The molecule has 0 radical (unpaired) electrons. The molecule has 0 aromatic carbocycles. The maximum atomic E-state index is 11.4. The molecule has 18 heavy (non-hydrogen) atoms. The van der Waals surface area contributed by atoms with Gasteiger partial charge in [-0.15, -0.1) is 11.8 Å². The Kier molecular flexibility index (Phi) is 3.07. The highest BCUT2D eigenvalue weighted by Crippen LogP contribution is 2.48. The molecule has 3 heterocycles. The van der Waals surface area contributed by atoms with Gasteiger partial charge in [0.05, 0.1) is 17.9 Å². The van der Waals surface area contributed by atoms with Gasteiger partial charge in [0.1, 0.15) is 5.70 Å². The SMILES string of the molecule is O=C(O)C1=C(CC2CCCCO2)S[C@@H]2CC(=O)N12. The van der Waals surface area contributed by atoms with E-state index >= 15 is 0 Å². The minimum Gasteiger partial charge on any atom is -0.477 e. The Morgan fingerprint density at radius 1 is 1.50 bits per heavy atom. The van der Waals surface area contributed by atoms with Crippen LogP contribution in [0.3, 0.4) is 0 Å². The first-order valence-electron chi connectivity index (χ1n) is 6.23. The van der Waals surface area contributed by atoms with Gasteiger partial charge < -0.3 is 9.84 Å². The zero-order valence-electron chi connectivity index (χ0n) is 9.92. The number of carbonyl (C=O) groups is 2. The van der Waals surface area contributed by atoms with Crippen LogP contribution in [0.4, 0.5) is 0 Å². The molecule has 3 aliphatic heterocycles. The van der Waals surface area contributed by atoms with Gasteiger partial charge in [-0.2, -0.15) is 0 Å². The summed E-state index contributed by atoms with van der Waals surface area (Å²) in [5.41, 5.74) is 0.190. The van der Waals surface area contributed by atoms with Crippen molar-refractivity contribution >= 4 is 23.6 Å². The van der Waals surface area contributed by atoms with Crippen LogP contribution in [-0.2, 0) is 14.3 Å². The van der Waals surface area contributed by atoms with Crippen molar-refractivity contribution in [2.45, 2.75) is 43.6 Å². The average molecular weight is 269 g/mol. The number of carbonyl (C=O) groups excluding carboxylic acids is 1. The zero-order chi connectivity index (χ0) is 12.7. The quantitative estimate of drug-likeness (QED) is 0.787. The van der Waals surface area contributed by atoms with Crippen molar-refractivity contribution < 1.29 is 19.4 Å². The van der Waals surface area contributed by atoms with E-state index in [1.54, 1.807) is 0 Å². The Morgan fingerprint density at radius 2 is 2.33 bits per heavy atom. The highest BCUT2D eigenvalue weighted by molar-refractivity contribution is 8.04. The third-order valence-corrected chi connectivity index (χ3v) is 4.87. The number of thioether (sulfide) groups is 1. The van der Waals surface area contributed by atoms with Gasteiger partial charge in [-0.1, -0.05) is 0 Å². The molecule has 2 saturated heterocycles. The van der Waals surface area contributed by atoms with Crippen LogP contribution in [0.15, 0.2) is 10.6 Å². The van der Waals surface area contributed by atoms with E-state index in [1.165, 1.54) is 16.7 Å². The minimum atomic E-state index is -0.996. The summed E-state index contributed by atoms with van der Waals surface area (Å²) in [5.74, 6) is -1.08. The summed E-state index contributed by atoms with van der Waals surface area (Å²) in [6.07, 6.45) is 4.40. The third-order valence-electron chi connectivity index (χ3n) is 3.58. The fraction of sp³-hybridized carbons (Fsp3) is 0.667. The molecule has 3 rings (SSSR count). The van der Waals surface area contributed by atoms with Crippen LogP contribution in [-0.4, -0.2) is 40.0 Å². The molecule has 6 heteroatoms. The molecule has 5 nitrogen and oxygen atoms in total. The molecule has 0 aliphatic carbocycles. The molecule has 2 atom stereocenters. The lowest BCUT2D eigenvalue weighted by atomic mass is 10.0. The number of fused-ring (bicyclic) bond motifs is 1. The van der Waals surface area contributed by atoms with Crippen LogP contribution in [0.1, 0.15) is 32.1 Å². The molecule has 0 bridgehead atoms. The summed E-state index contributed by atoms with van der Waals surface area (Å²) >= 11 is 1.52. The first-order chi connectivity index (χ1) is 8.66. The van der Waals surface area contributed by atoms with Crippen molar-refractivity contribution in [1.82, 2.24) is 4.90 Å². The number of carboxylic acid groups (broad SMARTS) is 1. The molecule has 1 N–H and O–H groups in total. The van der Waals surface area contributed by atoms with Gasteiger partial charge in [0.25, 0.3) is 0 Å². The van der Waals surface area contributed by atoms with E-state index in [0.717, 1.165) is 30.8 Å². The summed E-state index contributed by atoms with van der Waals surface area (Å²) in [4.78, 5) is 25.0. The van der Waals surface area contributed by atoms with E-state index in [4.69, 9.17) is 4.74 Å². The van der Waals surface area contributed by atoms with Gasteiger partial charge >= 0.3 is 5.97 Å². The van der Waals surface area contributed by atoms with Gasteiger partial charge in [0.15, 0.2) is 0 Å². The largest absolute Gasteiger partial charge is 0.477 e. The number of ether oxygens (including phenoxy) is 1. The second-order valence-corrected chi connectivity index (χ2v) is 6.08. The first-order valence-corrected chi connectivity index (χ1v) is 7.11. The molecule has 0 saturated carbocycles. The van der Waals surface area contributed by atoms with Crippen molar-refractivity contribution in [3.8, 4) is 0 Å². The van der Waals surface area contributed by atoms with E-state index in [-0.39, 0.29) is 23.1 Å². The maximum Gasteiger partial charge on any atom is 0.353 e. The van der Waals surface area contributed by atoms with E-state index in [0.29, 0.717) is 12.8 Å². The number of nitrogens with zero attached hydrogens (tertiary/aromatic N) is 1. The number of hydrogen-bond donors (Lipinski definition) is 1. The summed E-state index contributed by atoms with van der Waals surface area (Å²) in [6, 6.07) is 0. The number of rotatable bonds is 3. The van der Waals surface area contributed by atoms with Gasteiger partial charge in [-0.05, 0) is 19.3 Å².